The molecule has 38 heavy (non-hydrogen) atoms. The number of hydrogen-bond acceptors (Lipinski definition) is 8. The van der Waals surface area contributed by atoms with Crippen molar-refractivity contribution in [1.29, 1.82) is 0 Å². The van der Waals surface area contributed by atoms with E-state index in [4.69, 9.17) is 20.7 Å². The zero-order valence-corrected chi connectivity index (χ0v) is 22.3. The topological polar surface area (TPSA) is 117 Å². The molecule has 1 aliphatic heterocycles. The quantitative estimate of drug-likeness (QED) is 0.350. The number of likely N-dealkylation sites (tertiary alicyclic amines) is 1. The third-order valence-corrected chi connectivity index (χ3v) is 8.79. The Labute approximate surface area is 225 Å². The monoisotopic (exact) mass is 518 g/mol. The molecular weight excluding hydrogens is 476 g/mol. The molecule has 204 valence electrons. The van der Waals surface area contributed by atoms with Crippen LogP contribution in [0.25, 0.3) is 11.2 Å². The van der Waals surface area contributed by atoms with Crippen molar-refractivity contribution in [2.45, 2.75) is 94.5 Å². The zero-order chi connectivity index (χ0) is 25.9. The number of piperidine rings is 1. The summed E-state index contributed by atoms with van der Waals surface area (Å²) < 4.78 is 2.28. The maximum Gasteiger partial charge on any atom is 0.227 e. The number of nitrogens with zero attached hydrogens (tertiary/aromatic N) is 5. The van der Waals surface area contributed by atoms with Gasteiger partial charge in [-0.2, -0.15) is 9.97 Å². The minimum atomic E-state index is -0.454. The molecule has 0 radical (unpaired) electrons. The number of hydrogen-bond donors (Lipinski definition) is 4. The van der Waals surface area contributed by atoms with Gasteiger partial charge in [0.2, 0.25) is 5.95 Å². The Morgan fingerprint density at radius 1 is 0.895 bits per heavy atom. The van der Waals surface area contributed by atoms with E-state index in [1.54, 1.807) is 0 Å². The van der Waals surface area contributed by atoms with Crippen molar-refractivity contribution < 1.29 is 5.11 Å². The molecule has 0 spiro atoms. The molecule has 3 fully saturated rings. The fourth-order valence-corrected chi connectivity index (χ4v) is 6.46. The molecule has 3 aliphatic rings. The second-order valence-electron chi connectivity index (χ2n) is 11.6. The van der Waals surface area contributed by atoms with Gasteiger partial charge in [-0.25, -0.2) is 4.98 Å². The molecule has 1 unspecified atom stereocenters. The molecule has 1 atom stereocenters. The third kappa shape index (κ3) is 5.80. The molecule has 1 saturated heterocycles. The first-order valence-corrected chi connectivity index (χ1v) is 14.6. The first-order chi connectivity index (χ1) is 18.6. The summed E-state index contributed by atoms with van der Waals surface area (Å²) in [5.41, 5.74) is 8.93. The van der Waals surface area contributed by atoms with E-state index in [9.17, 15) is 5.11 Å². The van der Waals surface area contributed by atoms with Gasteiger partial charge < -0.3 is 30.9 Å². The van der Waals surface area contributed by atoms with Gasteiger partial charge >= 0.3 is 0 Å². The number of aromatic nitrogens is 4. The molecule has 0 amide bonds. The number of imidazole rings is 1. The molecule has 2 saturated carbocycles. The molecule has 1 aromatic carbocycles. The number of β-amino-alcohol motifs (C(OH)–C–C–N with tert-alkyl or cyclic N) is 1. The number of fused-ring (bicyclic) bond motifs is 1. The van der Waals surface area contributed by atoms with Gasteiger partial charge in [0.05, 0.1) is 12.4 Å². The van der Waals surface area contributed by atoms with E-state index in [1.165, 1.54) is 25.7 Å². The van der Waals surface area contributed by atoms with Gasteiger partial charge in [-0.15, -0.1) is 0 Å². The molecule has 2 aliphatic carbocycles. The predicted molar refractivity (Wildman–Crippen MR) is 151 cm³/mol. The molecular formula is C29H42N8O. The van der Waals surface area contributed by atoms with Crippen molar-refractivity contribution >= 4 is 22.9 Å². The molecule has 0 bridgehead atoms. The predicted octanol–water partition coefficient (Wildman–Crippen LogP) is 4.23. The molecule has 9 nitrogen and oxygen atoms in total. The lowest BCUT2D eigenvalue weighted by Crippen LogP contribution is -2.41. The lowest BCUT2D eigenvalue weighted by atomic mass is 9.92. The fourth-order valence-electron chi connectivity index (χ4n) is 6.46. The van der Waals surface area contributed by atoms with E-state index in [-0.39, 0.29) is 0 Å². The molecule has 5 N–H and O–H groups in total. The van der Waals surface area contributed by atoms with Gasteiger partial charge in [-0.3, -0.25) is 0 Å². The summed E-state index contributed by atoms with van der Waals surface area (Å²) in [5, 5.41) is 18.0. The summed E-state index contributed by atoms with van der Waals surface area (Å²) in [5.74, 6) is 1.54. The van der Waals surface area contributed by atoms with Crippen molar-refractivity contribution in [3.05, 3.63) is 42.2 Å². The van der Waals surface area contributed by atoms with Crippen LogP contribution in [0.15, 0.2) is 36.7 Å². The smallest absolute Gasteiger partial charge is 0.227 e. The van der Waals surface area contributed by atoms with Crippen LogP contribution in [0.5, 0.6) is 0 Å². The van der Waals surface area contributed by atoms with E-state index in [0.717, 1.165) is 74.2 Å². The maximum atomic E-state index is 10.7. The first-order valence-electron chi connectivity index (χ1n) is 14.6. The van der Waals surface area contributed by atoms with Crippen molar-refractivity contribution in [3.63, 3.8) is 0 Å². The highest BCUT2D eigenvalue weighted by Crippen LogP contribution is 2.34. The number of benzene rings is 1. The van der Waals surface area contributed by atoms with Crippen LogP contribution >= 0.6 is 0 Å². The zero-order valence-electron chi connectivity index (χ0n) is 22.3. The SMILES string of the molecule is NC1CCC(Nc2nc(NC3CCN(CC(O)c4ccccc4)CC3)c3ncn(C4CCCC4)c3n2)CC1. The Kier molecular flexibility index (Phi) is 7.76. The highest BCUT2D eigenvalue weighted by atomic mass is 16.3. The Hall–Kier alpha value is -2.75. The number of nitrogens with one attached hydrogen (secondary N) is 2. The normalized spacial score (nSPS) is 24.6. The van der Waals surface area contributed by atoms with Crippen LogP contribution < -0.4 is 16.4 Å². The molecule has 3 heterocycles. The van der Waals surface area contributed by atoms with Crippen molar-refractivity contribution in [2.75, 3.05) is 30.3 Å². The van der Waals surface area contributed by atoms with Crippen molar-refractivity contribution in [1.82, 2.24) is 24.4 Å². The van der Waals surface area contributed by atoms with Crippen LogP contribution in [0.2, 0.25) is 0 Å². The van der Waals surface area contributed by atoms with E-state index < -0.39 is 6.10 Å². The minimum Gasteiger partial charge on any atom is -0.387 e. The van der Waals surface area contributed by atoms with E-state index in [0.29, 0.717) is 36.7 Å². The van der Waals surface area contributed by atoms with Crippen molar-refractivity contribution in [3.8, 4) is 0 Å². The molecule has 2 aromatic heterocycles. The summed E-state index contributed by atoms with van der Waals surface area (Å²) in [6.45, 7) is 2.55. The van der Waals surface area contributed by atoms with Crippen LogP contribution in [0.1, 0.15) is 81.9 Å². The minimum absolute atomic E-state index is 0.315. The van der Waals surface area contributed by atoms with Crippen LogP contribution in [0.4, 0.5) is 11.8 Å². The van der Waals surface area contributed by atoms with E-state index in [1.807, 2.05) is 36.7 Å². The fraction of sp³-hybridized carbons (Fsp3) is 0.621. The average Bonchev–Trinajstić information content (AvgIpc) is 3.62. The van der Waals surface area contributed by atoms with E-state index >= 15 is 0 Å². The van der Waals surface area contributed by atoms with Gasteiger partial charge in [-0.05, 0) is 56.9 Å². The summed E-state index contributed by atoms with van der Waals surface area (Å²) in [6, 6.07) is 11.4. The maximum absolute atomic E-state index is 10.7. The van der Waals surface area contributed by atoms with E-state index in [2.05, 4.69) is 20.1 Å². The first kappa shape index (κ1) is 25.5. The lowest BCUT2D eigenvalue weighted by Gasteiger charge is -2.34. The van der Waals surface area contributed by atoms with Crippen LogP contribution in [-0.4, -0.2) is 67.3 Å². The highest BCUT2D eigenvalue weighted by Gasteiger charge is 2.26. The molecule has 6 rings (SSSR count). The number of aliphatic hydroxyl groups excluding tert-OH is 1. The summed E-state index contributed by atoms with van der Waals surface area (Å²) in [6.07, 6.45) is 12.6. The Morgan fingerprint density at radius 3 is 2.34 bits per heavy atom. The van der Waals surface area contributed by atoms with Crippen LogP contribution in [-0.2, 0) is 0 Å². The second kappa shape index (κ2) is 11.6. The lowest BCUT2D eigenvalue weighted by molar-refractivity contribution is 0.0991. The van der Waals surface area contributed by atoms with Gasteiger partial charge in [-0.1, -0.05) is 43.2 Å². The van der Waals surface area contributed by atoms with Crippen LogP contribution in [0, 0.1) is 0 Å². The highest BCUT2D eigenvalue weighted by molar-refractivity contribution is 5.84. The van der Waals surface area contributed by atoms with Gasteiger partial charge in [0, 0.05) is 43.8 Å². The number of rotatable bonds is 8. The Morgan fingerprint density at radius 2 is 1.61 bits per heavy atom. The second-order valence-corrected chi connectivity index (χ2v) is 11.6. The van der Waals surface area contributed by atoms with Crippen LogP contribution in [0.3, 0.4) is 0 Å². The molecule has 9 heteroatoms. The summed E-state index contributed by atoms with van der Waals surface area (Å²) in [7, 11) is 0. The Balaban J connectivity index is 1.16. The van der Waals surface area contributed by atoms with Gasteiger partial charge in [0.1, 0.15) is 0 Å². The van der Waals surface area contributed by atoms with Gasteiger partial charge in [0.15, 0.2) is 17.0 Å². The standard InChI is InChI=1S/C29H42N8O/c30-21-10-12-22(13-11-21)33-29-34-27(26-28(35-29)37(19-31-26)24-8-4-5-9-24)32-23-14-16-36(17-15-23)18-25(38)20-6-2-1-3-7-20/h1-3,6-7,19,21-25,38H,4-5,8-18,30H2,(H2,32,33,34,35). The van der Waals surface area contributed by atoms with Gasteiger partial charge in [0.25, 0.3) is 0 Å². The number of anilines is 2. The summed E-state index contributed by atoms with van der Waals surface area (Å²) >= 11 is 0. The number of nitrogens with two attached hydrogens (primary N) is 1. The molecule has 3 aromatic rings. The number of aliphatic hydroxyl groups is 1. The summed E-state index contributed by atoms with van der Waals surface area (Å²) in [4.78, 5) is 17.1. The average molecular weight is 519 g/mol. The van der Waals surface area contributed by atoms with Crippen molar-refractivity contribution in [2.24, 2.45) is 5.73 Å². The third-order valence-electron chi connectivity index (χ3n) is 8.79. The Bertz CT molecular complexity index is 1180. The largest absolute Gasteiger partial charge is 0.387 e.